The van der Waals surface area contributed by atoms with Gasteiger partial charge in [-0.05, 0) is 39.0 Å². The lowest BCUT2D eigenvalue weighted by Gasteiger charge is -2.29. The summed E-state index contributed by atoms with van der Waals surface area (Å²) in [6.07, 6.45) is 6.23. The van der Waals surface area contributed by atoms with E-state index in [0.717, 1.165) is 42.6 Å². The molecule has 1 saturated heterocycles. The summed E-state index contributed by atoms with van der Waals surface area (Å²) in [5.74, 6) is 8.74. The number of rotatable bonds is 5. The molecule has 1 unspecified atom stereocenters. The van der Waals surface area contributed by atoms with Crippen LogP contribution >= 0.6 is 0 Å². The molecule has 3 rings (SSSR count). The zero-order chi connectivity index (χ0) is 14.8. The van der Waals surface area contributed by atoms with Crippen molar-refractivity contribution in [3.05, 3.63) is 11.4 Å². The van der Waals surface area contributed by atoms with Gasteiger partial charge in [-0.3, -0.25) is 0 Å². The lowest BCUT2D eigenvalue weighted by molar-refractivity contribution is 0.0215. The smallest absolute Gasteiger partial charge is 0.148 e. The van der Waals surface area contributed by atoms with E-state index in [-0.39, 0.29) is 0 Å². The van der Waals surface area contributed by atoms with Crippen LogP contribution < -0.4 is 16.2 Å². The van der Waals surface area contributed by atoms with Gasteiger partial charge >= 0.3 is 0 Å². The van der Waals surface area contributed by atoms with Crippen LogP contribution in [0.25, 0.3) is 0 Å². The molecule has 0 radical (unpaired) electrons. The molecule has 2 fully saturated rings. The second-order valence-electron chi connectivity index (χ2n) is 6.17. The molecule has 2 heterocycles. The molecule has 1 aliphatic heterocycles. The highest BCUT2D eigenvalue weighted by Crippen LogP contribution is 2.39. The molecule has 3 N–H and O–H groups in total. The van der Waals surface area contributed by atoms with E-state index >= 15 is 0 Å². The molecule has 2 aliphatic rings. The Morgan fingerprint density at radius 3 is 2.71 bits per heavy atom. The van der Waals surface area contributed by atoms with E-state index in [9.17, 15) is 0 Å². The van der Waals surface area contributed by atoms with Crippen LogP contribution in [0.15, 0.2) is 0 Å². The summed E-state index contributed by atoms with van der Waals surface area (Å²) in [7, 11) is 2.07. The minimum Gasteiger partial charge on any atom is -0.376 e. The Bertz CT molecular complexity index is 497. The number of nitrogens with zero attached hydrogens (tertiary/aromatic N) is 3. The van der Waals surface area contributed by atoms with Gasteiger partial charge in [0.1, 0.15) is 17.5 Å². The maximum Gasteiger partial charge on any atom is 0.148 e. The van der Waals surface area contributed by atoms with Crippen LogP contribution in [0.4, 0.5) is 11.6 Å². The first kappa shape index (κ1) is 14.5. The number of ether oxygens (including phenoxy) is 1. The molecular formula is C15H25N5O. The molecule has 1 saturated carbocycles. The zero-order valence-electron chi connectivity index (χ0n) is 12.9. The molecule has 1 aliphatic carbocycles. The van der Waals surface area contributed by atoms with Gasteiger partial charge in [0, 0.05) is 31.7 Å². The number of anilines is 2. The highest BCUT2D eigenvalue weighted by atomic mass is 16.5. The number of hydrogen-bond acceptors (Lipinski definition) is 6. The molecule has 0 aromatic carbocycles. The third kappa shape index (κ3) is 3.27. The Kier molecular flexibility index (Phi) is 4.26. The van der Waals surface area contributed by atoms with Gasteiger partial charge in [-0.1, -0.05) is 0 Å². The van der Waals surface area contributed by atoms with Gasteiger partial charge in [-0.15, -0.1) is 0 Å². The Hall–Kier alpha value is -1.40. The third-order valence-electron chi connectivity index (χ3n) is 4.33. The van der Waals surface area contributed by atoms with Crippen LogP contribution in [0.2, 0.25) is 0 Å². The second-order valence-corrected chi connectivity index (χ2v) is 6.17. The first-order valence-electron chi connectivity index (χ1n) is 7.87. The van der Waals surface area contributed by atoms with Gasteiger partial charge in [-0.2, -0.15) is 0 Å². The summed E-state index contributed by atoms with van der Waals surface area (Å²) in [6, 6.07) is 0. The third-order valence-corrected chi connectivity index (χ3v) is 4.33. The van der Waals surface area contributed by atoms with Crippen molar-refractivity contribution >= 4 is 11.6 Å². The van der Waals surface area contributed by atoms with Crippen molar-refractivity contribution in [2.24, 2.45) is 5.84 Å². The standard InChI is InChI=1S/C15H25N5O/c1-10-13(19-16)17-14(11-6-7-11)18-15(10)20(2)9-12-5-3-4-8-21-12/h11-12H,3-9,16H2,1-2H3,(H,17,18,19). The first-order chi connectivity index (χ1) is 10.2. The summed E-state index contributed by atoms with van der Waals surface area (Å²) >= 11 is 0. The number of nitrogen functional groups attached to an aromatic ring is 1. The first-order valence-corrected chi connectivity index (χ1v) is 7.87. The maximum atomic E-state index is 5.83. The molecule has 21 heavy (non-hydrogen) atoms. The number of nitrogens with two attached hydrogens (primary N) is 1. The second kappa shape index (κ2) is 6.15. The van der Waals surface area contributed by atoms with Crippen molar-refractivity contribution in [2.75, 3.05) is 30.5 Å². The number of hydrazine groups is 1. The average Bonchev–Trinajstić information content (AvgIpc) is 3.33. The predicted molar refractivity (Wildman–Crippen MR) is 83.4 cm³/mol. The van der Waals surface area contributed by atoms with E-state index in [4.69, 9.17) is 15.6 Å². The number of aromatic nitrogens is 2. The minimum atomic E-state index is 0.303. The van der Waals surface area contributed by atoms with Crippen LogP contribution in [-0.2, 0) is 4.74 Å². The molecule has 1 atom stereocenters. The Morgan fingerprint density at radius 1 is 1.29 bits per heavy atom. The molecule has 0 bridgehead atoms. The fraction of sp³-hybridized carbons (Fsp3) is 0.733. The van der Waals surface area contributed by atoms with Gasteiger partial charge < -0.3 is 15.1 Å². The van der Waals surface area contributed by atoms with Crippen molar-refractivity contribution in [2.45, 2.75) is 51.0 Å². The molecule has 6 heteroatoms. The lowest BCUT2D eigenvalue weighted by Crippen LogP contribution is -2.34. The quantitative estimate of drug-likeness (QED) is 0.638. The fourth-order valence-corrected chi connectivity index (χ4v) is 2.90. The van der Waals surface area contributed by atoms with E-state index in [1.165, 1.54) is 25.7 Å². The summed E-state index contributed by atoms with van der Waals surface area (Å²) in [4.78, 5) is 11.5. The van der Waals surface area contributed by atoms with Crippen LogP contribution in [-0.4, -0.2) is 36.3 Å². The molecule has 1 aromatic heterocycles. The molecule has 0 spiro atoms. The number of hydrogen-bond donors (Lipinski definition) is 2. The van der Waals surface area contributed by atoms with E-state index in [2.05, 4.69) is 22.4 Å². The van der Waals surface area contributed by atoms with Gasteiger partial charge in [0.05, 0.1) is 6.10 Å². The van der Waals surface area contributed by atoms with E-state index in [0.29, 0.717) is 12.0 Å². The topological polar surface area (TPSA) is 76.3 Å². The monoisotopic (exact) mass is 291 g/mol. The van der Waals surface area contributed by atoms with Crippen LogP contribution in [0.3, 0.4) is 0 Å². The van der Waals surface area contributed by atoms with Gasteiger partial charge in [0.2, 0.25) is 0 Å². The molecule has 6 nitrogen and oxygen atoms in total. The Labute approximate surface area is 126 Å². The van der Waals surface area contributed by atoms with Gasteiger partial charge in [0.15, 0.2) is 0 Å². The van der Waals surface area contributed by atoms with Crippen LogP contribution in [0, 0.1) is 6.92 Å². The fourth-order valence-electron chi connectivity index (χ4n) is 2.90. The lowest BCUT2D eigenvalue weighted by atomic mass is 10.1. The predicted octanol–water partition coefficient (Wildman–Crippen LogP) is 1.95. The molecule has 116 valence electrons. The van der Waals surface area contributed by atoms with E-state index in [1.807, 2.05) is 6.92 Å². The van der Waals surface area contributed by atoms with Crippen molar-refractivity contribution in [1.29, 1.82) is 0 Å². The van der Waals surface area contributed by atoms with Gasteiger partial charge in [0.25, 0.3) is 0 Å². The SMILES string of the molecule is Cc1c(NN)nc(C2CC2)nc1N(C)CC1CCCCO1. The number of nitrogens with one attached hydrogen (secondary N) is 1. The maximum absolute atomic E-state index is 5.83. The van der Waals surface area contributed by atoms with Crippen LogP contribution in [0.5, 0.6) is 0 Å². The Balaban J connectivity index is 1.79. The minimum absolute atomic E-state index is 0.303. The van der Waals surface area contributed by atoms with E-state index < -0.39 is 0 Å². The highest BCUT2D eigenvalue weighted by Gasteiger charge is 2.29. The van der Waals surface area contributed by atoms with E-state index in [1.54, 1.807) is 0 Å². The zero-order valence-corrected chi connectivity index (χ0v) is 12.9. The summed E-state index contributed by atoms with van der Waals surface area (Å²) in [5.41, 5.74) is 3.71. The molecule has 0 amide bonds. The van der Waals surface area contributed by atoms with Crippen molar-refractivity contribution in [3.63, 3.8) is 0 Å². The average molecular weight is 291 g/mol. The molecule has 1 aromatic rings. The molecular weight excluding hydrogens is 266 g/mol. The Morgan fingerprint density at radius 2 is 2.10 bits per heavy atom. The van der Waals surface area contributed by atoms with Crippen molar-refractivity contribution in [3.8, 4) is 0 Å². The van der Waals surface area contributed by atoms with Crippen molar-refractivity contribution < 1.29 is 4.74 Å². The van der Waals surface area contributed by atoms with Crippen molar-refractivity contribution in [1.82, 2.24) is 9.97 Å². The normalized spacial score (nSPS) is 22.1. The summed E-state index contributed by atoms with van der Waals surface area (Å²) < 4.78 is 5.83. The number of likely N-dealkylation sites (N-methyl/N-ethyl adjacent to an activating group) is 1. The highest BCUT2D eigenvalue weighted by molar-refractivity contribution is 5.58. The summed E-state index contributed by atoms with van der Waals surface area (Å²) in [5, 5.41) is 0. The largest absolute Gasteiger partial charge is 0.376 e. The van der Waals surface area contributed by atoms with Crippen LogP contribution in [0.1, 0.15) is 49.4 Å². The van der Waals surface area contributed by atoms with Gasteiger partial charge in [-0.25, -0.2) is 15.8 Å². The summed E-state index contributed by atoms with van der Waals surface area (Å²) in [6.45, 7) is 3.76.